The van der Waals surface area contributed by atoms with E-state index in [0.29, 0.717) is 5.39 Å². The molecule has 2 aromatic rings. The largest absolute Gasteiger partial charge is 0.270 e. The maximum Gasteiger partial charge on any atom is 0.270 e. The molecule has 0 fully saturated rings. The van der Waals surface area contributed by atoms with Crippen molar-refractivity contribution in [2.45, 2.75) is 13.3 Å². The summed E-state index contributed by atoms with van der Waals surface area (Å²) >= 11 is 0. The van der Waals surface area contributed by atoms with E-state index in [0.717, 1.165) is 17.8 Å². The predicted molar refractivity (Wildman–Crippen MR) is 55.6 cm³/mol. The molecule has 1 aromatic carbocycles. The first kappa shape index (κ1) is 9.51. The minimum Gasteiger partial charge on any atom is -0.258 e. The maximum absolute atomic E-state index is 10.5. The third-order valence-electron chi connectivity index (χ3n) is 2.14. The molecule has 0 atom stereocenters. The average Bonchev–Trinajstić information content (AvgIpc) is 2.27. The summed E-state index contributed by atoms with van der Waals surface area (Å²) in [4.78, 5) is 18.5. The molecular weight excluding hydrogens is 194 g/mol. The Balaban J connectivity index is 2.59. The SMILES string of the molecule is CCc1ncc2cc([N+](=O)[O-])ccc2n1. The standard InChI is InChI=1S/C10H9N3O2/c1-2-10-11-6-7-5-8(13(14)15)3-4-9(7)12-10/h3-6H,2H2,1H3. The van der Waals surface area contributed by atoms with Gasteiger partial charge in [0.1, 0.15) is 5.82 Å². The van der Waals surface area contributed by atoms with E-state index in [1.54, 1.807) is 12.3 Å². The van der Waals surface area contributed by atoms with Crippen molar-refractivity contribution in [2.24, 2.45) is 0 Å². The quantitative estimate of drug-likeness (QED) is 0.553. The lowest BCUT2D eigenvalue weighted by Crippen LogP contribution is -1.93. The molecule has 2 rings (SSSR count). The van der Waals surface area contributed by atoms with Gasteiger partial charge in [-0.25, -0.2) is 9.97 Å². The zero-order valence-corrected chi connectivity index (χ0v) is 8.17. The van der Waals surface area contributed by atoms with E-state index in [2.05, 4.69) is 9.97 Å². The number of nitro benzene ring substituents is 1. The molecule has 0 amide bonds. The number of aromatic nitrogens is 2. The van der Waals surface area contributed by atoms with Gasteiger partial charge in [0.05, 0.1) is 10.4 Å². The van der Waals surface area contributed by atoms with E-state index in [1.165, 1.54) is 12.1 Å². The van der Waals surface area contributed by atoms with Crippen molar-refractivity contribution in [3.05, 3.63) is 40.3 Å². The summed E-state index contributed by atoms with van der Waals surface area (Å²) in [6.45, 7) is 1.96. The highest BCUT2D eigenvalue weighted by atomic mass is 16.6. The van der Waals surface area contributed by atoms with Gasteiger partial charge in [0.15, 0.2) is 0 Å². The molecule has 0 spiro atoms. The van der Waals surface area contributed by atoms with Gasteiger partial charge < -0.3 is 0 Å². The first-order chi connectivity index (χ1) is 7.20. The summed E-state index contributed by atoms with van der Waals surface area (Å²) in [5.41, 5.74) is 0.808. The molecule has 0 saturated heterocycles. The number of nitrogens with zero attached hydrogens (tertiary/aromatic N) is 3. The summed E-state index contributed by atoms with van der Waals surface area (Å²) in [7, 11) is 0. The average molecular weight is 203 g/mol. The van der Waals surface area contributed by atoms with Crippen LogP contribution in [-0.2, 0) is 6.42 Å². The fraction of sp³-hybridized carbons (Fsp3) is 0.200. The minimum absolute atomic E-state index is 0.0651. The second kappa shape index (κ2) is 3.61. The van der Waals surface area contributed by atoms with Crippen LogP contribution in [0.4, 0.5) is 5.69 Å². The fourth-order valence-corrected chi connectivity index (χ4v) is 1.34. The number of hydrogen-bond acceptors (Lipinski definition) is 4. The van der Waals surface area contributed by atoms with Crippen molar-refractivity contribution in [2.75, 3.05) is 0 Å². The highest BCUT2D eigenvalue weighted by molar-refractivity contribution is 5.80. The van der Waals surface area contributed by atoms with Gasteiger partial charge in [-0.3, -0.25) is 10.1 Å². The Hall–Kier alpha value is -2.04. The van der Waals surface area contributed by atoms with Gasteiger partial charge >= 0.3 is 0 Å². The number of nitro groups is 1. The Labute approximate surface area is 85.9 Å². The van der Waals surface area contributed by atoms with E-state index >= 15 is 0 Å². The van der Waals surface area contributed by atoms with Crippen LogP contribution in [0.15, 0.2) is 24.4 Å². The first-order valence-corrected chi connectivity index (χ1v) is 4.61. The Morgan fingerprint density at radius 1 is 1.47 bits per heavy atom. The predicted octanol–water partition coefficient (Wildman–Crippen LogP) is 2.10. The molecule has 15 heavy (non-hydrogen) atoms. The van der Waals surface area contributed by atoms with Crippen LogP contribution in [0.1, 0.15) is 12.7 Å². The van der Waals surface area contributed by atoms with Crippen molar-refractivity contribution in [1.29, 1.82) is 0 Å². The Morgan fingerprint density at radius 3 is 2.93 bits per heavy atom. The van der Waals surface area contributed by atoms with Gasteiger partial charge in [-0.15, -0.1) is 0 Å². The molecule has 0 aliphatic heterocycles. The van der Waals surface area contributed by atoms with Gasteiger partial charge in [-0.2, -0.15) is 0 Å². The summed E-state index contributed by atoms with van der Waals surface area (Å²) in [6.07, 6.45) is 2.38. The number of rotatable bonds is 2. The lowest BCUT2D eigenvalue weighted by Gasteiger charge is -1.99. The first-order valence-electron chi connectivity index (χ1n) is 4.61. The second-order valence-corrected chi connectivity index (χ2v) is 3.14. The van der Waals surface area contributed by atoms with E-state index < -0.39 is 4.92 Å². The number of non-ortho nitro benzene ring substituents is 1. The molecular formula is C10H9N3O2. The van der Waals surface area contributed by atoms with E-state index in [4.69, 9.17) is 0 Å². The van der Waals surface area contributed by atoms with Crippen LogP contribution >= 0.6 is 0 Å². The highest BCUT2D eigenvalue weighted by Crippen LogP contribution is 2.18. The molecule has 0 N–H and O–H groups in total. The van der Waals surface area contributed by atoms with Gasteiger partial charge in [-0.1, -0.05) is 6.92 Å². The Kier molecular flexibility index (Phi) is 2.29. The van der Waals surface area contributed by atoms with E-state index in [1.807, 2.05) is 6.92 Å². The van der Waals surface area contributed by atoms with Crippen molar-refractivity contribution < 1.29 is 4.92 Å². The molecule has 1 heterocycles. The fourth-order valence-electron chi connectivity index (χ4n) is 1.34. The zero-order valence-electron chi connectivity index (χ0n) is 8.17. The summed E-state index contributed by atoms with van der Waals surface area (Å²) < 4.78 is 0. The Morgan fingerprint density at radius 2 is 2.27 bits per heavy atom. The number of hydrogen-bond donors (Lipinski definition) is 0. The van der Waals surface area contributed by atoms with Crippen molar-refractivity contribution in [3.63, 3.8) is 0 Å². The molecule has 5 nitrogen and oxygen atoms in total. The van der Waals surface area contributed by atoms with Crippen molar-refractivity contribution in [1.82, 2.24) is 9.97 Å². The van der Waals surface area contributed by atoms with Crippen LogP contribution in [0.25, 0.3) is 10.9 Å². The van der Waals surface area contributed by atoms with Gasteiger partial charge in [0.25, 0.3) is 5.69 Å². The zero-order chi connectivity index (χ0) is 10.8. The second-order valence-electron chi connectivity index (χ2n) is 3.14. The molecule has 0 aliphatic carbocycles. The van der Waals surface area contributed by atoms with Gasteiger partial charge in [-0.05, 0) is 6.07 Å². The molecule has 0 aliphatic rings. The molecule has 0 saturated carbocycles. The van der Waals surface area contributed by atoms with E-state index in [9.17, 15) is 10.1 Å². The minimum atomic E-state index is -0.423. The summed E-state index contributed by atoms with van der Waals surface area (Å²) in [5, 5.41) is 11.2. The summed E-state index contributed by atoms with van der Waals surface area (Å²) in [6, 6.07) is 4.58. The number of benzene rings is 1. The third kappa shape index (κ3) is 1.76. The lowest BCUT2D eigenvalue weighted by atomic mass is 10.2. The Bertz CT molecular complexity index is 525. The van der Waals surface area contributed by atoms with Gasteiger partial charge in [0, 0.05) is 30.1 Å². The van der Waals surface area contributed by atoms with E-state index in [-0.39, 0.29) is 5.69 Å². The molecule has 76 valence electrons. The summed E-state index contributed by atoms with van der Waals surface area (Å²) in [5.74, 6) is 0.747. The molecule has 1 aromatic heterocycles. The van der Waals surface area contributed by atoms with Crippen LogP contribution in [0.3, 0.4) is 0 Å². The molecule has 5 heteroatoms. The van der Waals surface area contributed by atoms with Crippen molar-refractivity contribution in [3.8, 4) is 0 Å². The monoisotopic (exact) mass is 203 g/mol. The molecule has 0 unspecified atom stereocenters. The van der Waals surface area contributed by atoms with Crippen molar-refractivity contribution >= 4 is 16.6 Å². The normalized spacial score (nSPS) is 10.5. The smallest absolute Gasteiger partial charge is 0.258 e. The third-order valence-corrected chi connectivity index (χ3v) is 2.14. The van der Waals surface area contributed by atoms with Crippen LogP contribution in [0.5, 0.6) is 0 Å². The van der Waals surface area contributed by atoms with Crippen LogP contribution in [-0.4, -0.2) is 14.9 Å². The van der Waals surface area contributed by atoms with Crippen LogP contribution < -0.4 is 0 Å². The van der Waals surface area contributed by atoms with Crippen LogP contribution in [0, 0.1) is 10.1 Å². The number of fused-ring (bicyclic) bond motifs is 1. The lowest BCUT2D eigenvalue weighted by molar-refractivity contribution is -0.384. The maximum atomic E-state index is 10.5. The topological polar surface area (TPSA) is 68.9 Å². The number of aryl methyl sites for hydroxylation is 1. The van der Waals surface area contributed by atoms with Gasteiger partial charge in [0.2, 0.25) is 0 Å². The van der Waals surface area contributed by atoms with Crippen LogP contribution in [0.2, 0.25) is 0 Å². The molecule has 0 bridgehead atoms. The highest BCUT2D eigenvalue weighted by Gasteiger charge is 2.06. The molecule has 0 radical (unpaired) electrons.